The van der Waals surface area contributed by atoms with E-state index in [4.69, 9.17) is 0 Å². The Kier molecular flexibility index (Phi) is 2.37. The SMILES string of the molecule is O=CCn1cnc(-c2c[nH]c3cc(O)ccc23)c1. The average molecular weight is 241 g/mol. The van der Waals surface area contributed by atoms with E-state index in [1.54, 1.807) is 23.0 Å². The summed E-state index contributed by atoms with van der Waals surface area (Å²) in [4.78, 5) is 17.8. The highest BCUT2D eigenvalue weighted by Crippen LogP contribution is 2.29. The second-order valence-corrected chi connectivity index (χ2v) is 4.05. The molecule has 3 aromatic rings. The number of fused-ring (bicyclic) bond motifs is 1. The van der Waals surface area contributed by atoms with E-state index in [-0.39, 0.29) is 5.75 Å². The zero-order chi connectivity index (χ0) is 12.5. The Morgan fingerprint density at radius 3 is 3.17 bits per heavy atom. The molecule has 0 saturated heterocycles. The molecule has 90 valence electrons. The van der Waals surface area contributed by atoms with Crippen molar-refractivity contribution in [3.63, 3.8) is 0 Å². The van der Waals surface area contributed by atoms with E-state index >= 15 is 0 Å². The Bertz CT molecular complexity index is 712. The van der Waals surface area contributed by atoms with E-state index in [1.165, 1.54) is 0 Å². The number of rotatable bonds is 3. The largest absolute Gasteiger partial charge is 0.508 e. The number of phenolic OH excluding ortho intramolecular Hbond substituents is 1. The number of nitrogens with zero attached hydrogens (tertiary/aromatic N) is 2. The Balaban J connectivity index is 2.10. The first-order valence-corrected chi connectivity index (χ1v) is 5.54. The van der Waals surface area contributed by atoms with Crippen LogP contribution in [-0.2, 0) is 11.3 Å². The van der Waals surface area contributed by atoms with Crippen molar-refractivity contribution in [2.45, 2.75) is 6.54 Å². The van der Waals surface area contributed by atoms with Crippen molar-refractivity contribution in [1.29, 1.82) is 0 Å². The summed E-state index contributed by atoms with van der Waals surface area (Å²) < 4.78 is 1.72. The minimum Gasteiger partial charge on any atom is -0.508 e. The van der Waals surface area contributed by atoms with Crippen molar-refractivity contribution in [3.8, 4) is 17.0 Å². The maximum absolute atomic E-state index is 10.4. The molecule has 0 bridgehead atoms. The van der Waals surface area contributed by atoms with Crippen LogP contribution in [0.1, 0.15) is 0 Å². The number of hydrogen-bond acceptors (Lipinski definition) is 3. The van der Waals surface area contributed by atoms with Gasteiger partial charge < -0.3 is 19.5 Å². The van der Waals surface area contributed by atoms with Crippen LogP contribution >= 0.6 is 0 Å². The number of hydrogen-bond donors (Lipinski definition) is 2. The number of H-pyrrole nitrogens is 1. The van der Waals surface area contributed by atoms with Crippen molar-refractivity contribution in [1.82, 2.24) is 14.5 Å². The Morgan fingerprint density at radius 2 is 2.33 bits per heavy atom. The van der Waals surface area contributed by atoms with E-state index < -0.39 is 0 Å². The van der Waals surface area contributed by atoms with Gasteiger partial charge in [-0.3, -0.25) is 0 Å². The standard InChI is InChI=1S/C13H11N3O2/c17-4-3-16-7-13(15-8-16)11-6-14-12-5-9(18)1-2-10(11)12/h1-2,4-8,14,18H,3H2. The molecule has 2 aromatic heterocycles. The highest BCUT2D eigenvalue weighted by molar-refractivity contribution is 5.95. The summed E-state index contributed by atoms with van der Waals surface area (Å²) in [6.45, 7) is 0.302. The number of imidazole rings is 1. The molecular formula is C13H11N3O2. The quantitative estimate of drug-likeness (QED) is 0.688. The minimum absolute atomic E-state index is 0.224. The number of carbonyl (C=O) groups is 1. The Labute approximate surface area is 103 Å². The van der Waals surface area contributed by atoms with Gasteiger partial charge in [0, 0.05) is 34.9 Å². The summed E-state index contributed by atoms with van der Waals surface area (Å²) in [6.07, 6.45) is 6.13. The topological polar surface area (TPSA) is 70.9 Å². The van der Waals surface area contributed by atoms with Gasteiger partial charge in [0.2, 0.25) is 0 Å². The molecule has 0 aliphatic heterocycles. The van der Waals surface area contributed by atoms with Crippen LogP contribution in [0.15, 0.2) is 36.9 Å². The van der Waals surface area contributed by atoms with Crippen molar-refractivity contribution >= 4 is 17.2 Å². The van der Waals surface area contributed by atoms with Crippen molar-refractivity contribution in [2.75, 3.05) is 0 Å². The first-order valence-electron chi connectivity index (χ1n) is 5.54. The Hall–Kier alpha value is -2.56. The van der Waals surface area contributed by atoms with Gasteiger partial charge in [0.25, 0.3) is 0 Å². The molecule has 2 N–H and O–H groups in total. The molecule has 5 nitrogen and oxygen atoms in total. The second kappa shape index (κ2) is 4.03. The van der Waals surface area contributed by atoms with E-state index in [0.717, 1.165) is 28.4 Å². The smallest absolute Gasteiger partial charge is 0.139 e. The monoisotopic (exact) mass is 241 g/mol. The highest BCUT2D eigenvalue weighted by atomic mass is 16.3. The molecule has 1 aromatic carbocycles. The van der Waals surface area contributed by atoms with Crippen LogP contribution in [0.25, 0.3) is 22.2 Å². The van der Waals surface area contributed by atoms with Gasteiger partial charge in [-0.2, -0.15) is 0 Å². The molecule has 0 radical (unpaired) electrons. The van der Waals surface area contributed by atoms with E-state index in [1.807, 2.05) is 18.5 Å². The predicted octanol–water partition coefficient (Wildman–Crippen LogP) is 1.94. The molecule has 0 unspecified atom stereocenters. The third kappa shape index (κ3) is 1.66. The van der Waals surface area contributed by atoms with Gasteiger partial charge >= 0.3 is 0 Å². The van der Waals surface area contributed by atoms with Crippen LogP contribution < -0.4 is 0 Å². The van der Waals surface area contributed by atoms with Crippen LogP contribution in [0, 0.1) is 0 Å². The summed E-state index contributed by atoms with van der Waals surface area (Å²) in [5.74, 6) is 0.224. The molecule has 0 atom stereocenters. The summed E-state index contributed by atoms with van der Waals surface area (Å²) in [5, 5.41) is 10.4. The van der Waals surface area contributed by atoms with Gasteiger partial charge in [-0.05, 0) is 12.1 Å². The molecule has 0 amide bonds. The molecule has 5 heteroatoms. The number of benzene rings is 1. The van der Waals surface area contributed by atoms with Crippen LogP contribution in [0.4, 0.5) is 0 Å². The molecule has 0 saturated carbocycles. The maximum Gasteiger partial charge on any atom is 0.139 e. The lowest BCUT2D eigenvalue weighted by Gasteiger charge is -1.95. The molecule has 2 heterocycles. The highest BCUT2D eigenvalue weighted by Gasteiger charge is 2.09. The van der Waals surface area contributed by atoms with Crippen molar-refractivity contribution in [3.05, 3.63) is 36.9 Å². The fourth-order valence-electron chi connectivity index (χ4n) is 2.01. The number of aromatic amines is 1. The first kappa shape index (κ1) is 10.6. The van der Waals surface area contributed by atoms with Gasteiger partial charge in [-0.25, -0.2) is 4.98 Å². The third-order valence-electron chi connectivity index (χ3n) is 2.86. The van der Waals surface area contributed by atoms with Crippen molar-refractivity contribution in [2.24, 2.45) is 0 Å². The summed E-state index contributed by atoms with van der Waals surface area (Å²) in [5.41, 5.74) is 2.61. The maximum atomic E-state index is 10.4. The normalized spacial score (nSPS) is 10.9. The van der Waals surface area contributed by atoms with E-state index in [9.17, 15) is 9.90 Å². The zero-order valence-electron chi connectivity index (χ0n) is 9.50. The molecule has 0 spiro atoms. The first-order chi connectivity index (χ1) is 8.78. The summed E-state index contributed by atoms with van der Waals surface area (Å²) in [6, 6.07) is 5.15. The lowest BCUT2D eigenvalue weighted by Crippen LogP contribution is -1.93. The van der Waals surface area contributed by atoms with Crippen molar-refractivity contribution < 1.29 is 9.90 Å². The molecule has 0 fully saturated rings. The number of carbonyl (C=O) groups excluding carboxylic acids is 1. The molecule has 18 heavy (non-hydrogen) atoms. The van der Waals surface area contributed by atoms with Gasteiger partial charge in [0.05, 0.1) is 18.6 Å². The van der Waals surface area contributed by atoms with Crippen LogP contribution in [0.5, 0.6) is 5.75 Å². The molecule has 0 aliphatic rings. The predicted molar refractivity (Wildman–Crippen MR) is 67.2 cm³/mol. The average Bonchev–Trinajstić information content (AvgIpc) is 2.95. The summed E-state index contributed by atoms with van der Waals surface area (Å²) >= 11 is 0. The van der Waals surface area contributed by atoms with Crippen LogP contribution in [0.2, 0.25) is 0 Å². The lowest BCUT2D eigenvalue weighted by atomic mass is 10.1. The lowest BCUT2D eigenvalue weighted by molar-refractivity contribution is -0.108. The van der Waals surface area contributed by atoms with Crippen LogP contribution in [0.3, 0.4) is 0 Å². The van der Waals surface area contributed by atoms with E-state index in [2.05, 4.69) is 9.97 Å². The number of nitrogens with one attached hydrogen (secondary N) is 1. The number of phenols is 1. The van der Waals surface area contributed by atoms with Crippen LogP contribution in [-0.4, -0.2) is 25.9 Å². The molecule has 3 rings (SSSR count). The third-order valence-corrected chi connectivity index (χ3v) is 2.86. The Morgan fingerprint density at radius 1 is 1.44 bits per heavy atom. The van der Waals surface area contributed by atoms with Gasteiger partial charge in [0.1, 0.15) is 12.0 Å². The van der Waals surface area contributed by atoms with Gasteiger partial charge in [0.15, 0.2) is 0 Å². The number of aldehydes is 1. The fourth-order valence-corrected chi connectivity index (χ4v) is 2.01. The molecule has 0 aliphatic carbocycles. The summed E-state index contributed by atoms with van der Waals surface area (Å²) in [7, 11) is 0. The van der Waals surface area contributed by atoms with Gasteiger partial charge in [-0.1, -0.05) is 0 Å². The minimum atomic E-state index is 0.224. The number of aromatic hydroxyl groups is 1. The second-order valence-electron chi connectivity index (χ2n) is 4.05. The molecular weight excluding hydrogens is 230 g/mol. The number of aromatic nitrogens is 3. The van der Waals surface area contributed by atoms with Gasteiger partial charge in [-0.15, -0.1) is 0 Å². The fraction of sp³-hybridized carbons (Fsp3) is 0.0769. The van der Waals surface area contributed by atoms with E-state index in [0.29, 0.717) is 6.54 Å². The zero-order valence-corrected chi connectivity index (χ0v) is 9.50.